The average molecular weight is 260 g/mol. The number of benzene rings is 1. The Kier molecular flexibility index (Phi) is 3.57. The van der Waals surface area contributed by atoms with Gasteiger partial charge in [-0.1, -0.05) is 23.4 Å². The van der Waals surface area contributed by atoms with Crippen molar-refractivity contribution in [2.24, 2.45) is 5.73 Å². The van der Waals surface area contributed by atoms with Crippen molar-refractivity contribution in [3.8, 4) is 0 Å². The topological polar surface area (TPSA) is 68.2 Å². The maximum absolute atomic E-state index is 5.94. The van der Waals surface area contributed by atoms with Crippen molar-refractivity contribution in [3.63, 3.8) is 0 Å². The molecule has 0 bridgehead atoms. The summed E-state index contributed by atoms with van der Waals surface area (Å²) < 4.78 is 5.24. The SMILES string of the molecule is Cc1ccccc1N(C)Cc1nc(C(C)(C)N)no1. The molecule has 19 heavy (non-hydrogen) atoms. The summed E-state index contributed by atoms with van der Waals surface area (Å²) in [5.41, 5.74) is 7.72. The highest BCUT2D eigenvalue weighted by atomic mass is 16.5. The molecule has 0 saturated heterocycles. The van der Waals surface area contributed by atoms with E-state index in [-0.39, 0.29) is 0 Å². The molecule has 1 aromatic heterocycles. The minimum absolute atomic E-state index is 0.528. The molecule has 5 heteroatoms. The first kappa shape index (κ1) is 13.5. The van der Waals surface area contributed by atoms with E-state index in [1.165, 1.54) is 5.56 Å². The van der Waals surface area contributed by atoms with Gasteiger partial charge in [0.25, 0.3) is 0 Å². The van der Waals surface area contributed by atoms with Gasteiger partial charge in [-0.3, -0.25) is 0 Å². The molecule has 1 heterocycles. The zero-order valence-electron chi connectivity index (χ0n) is 11.8. The van der Waals surface area contributed by atoms with Crippen LogP contribution in [-0.4, -0.2) is 17.2 Å². The molecule has 102 valence electrons. The monoisotopic (exact) mass is 260 g/mol. The minimum atomic E-state index is -0.580. The Morgan fingerprint density at radius 3 is 2.58 bits per heavy atom. The van der Waals surface area contributed by atoms with E-state index >= 15 is 0 Å². The van der Waals surface area contributed by atoms with Crippen molar-refractivity contribution in [3.05, 3.63) is 41.5 Å². The first-order chi connectivity index (χ1) is 8.88. The van der Waals surface area contributed by atoms with Gasteiger partial charge in [0.1, 0.15) is 0 Å². The van der Waals surface area contributed by atoms with Crippen molar-refractivity contribution in [2.45, 2.75) is 32.9 Å². The van der Waals surface area contributed by atoms with E-state index in [1.807, 2.05) is 33.0 Å². The summed E-state index contributed by atoms with van der Waals surface area (Å²) >= 11 is 0. The zero-order chi connectivity index (χ0) is 14.0. The van der Waals surface area contributed by atoms with Crippen LogP contribution in [0.3, 0.4) is 0 Å². The molecular formula is C14H20N4O. The maximum Gasteiger partial charge on any atom is 0.246 e. The van der Waals surface area contributed by atoms with Crippen molar-refractivity contribution in [2.75, 3.05) is 11.9 Å². The van der Waals surface area contributed by atoms with Crippen LogP contribution in [0.2, 0.25) is 0 Å². The molecule has 2 rings (SSSR count). The van der Waals surface area contributed by atoms with E-state index in [9.17, 15) is 0 Å². The molecule has 0 aliphatic rings. The molecule has 1 aromatic carbocycles. The van der Waals surface area contributed by atoms with Gasteiger partial charge in [-0.05, 0) is 32.4 Å². The fraction of sp³-hybridized carbons (Fsp3) is 0.429. The van der Waals surface area contributed by atoms with Crippen LogP contribution in [0.1, 0.15) is 31.1 Å². The van der Waals surface area contributed by atoms with Gasteiger partial charge in [0, 0.05) is 12.7 Å². The zero-order valence-corrected chi connectivity index (χ0v) is 11.8. The smallest absolute Gasteiger partial charge is 0.246 e. The largest absolute Gasteiger partial charge is 0.365 e. The van der Waals surface area contributed by atoms with Gasteiger partial charge in [0.2, 0.25) is 5.89 Å². The van der Waals surface area contributed by atoms with E-state index in [4.69, 9.17) is 10.3 Å². The molecule has 5 nitrogen and oxygen atoms in total. The Hall–Kier alpha value is -1.88. The van der Waals surface area contributed by atoms with Crippen molar-refractivity contribution < 1.29 is 4.52 Å². The average Bonchev–Trinajstić information content (AvgIpc) is 2.77. The Bertz CT molecular complexity index is 557. The number of hydrogen-bond donors (Lipinski definition) is 1. The highest BCUT2D eigenvalue weighted by Crippen LogP contribution is 2.20. The third-order valence-corrected chi connectivity index (χ3v) is 2.94. The summed E-state index contributed by atoms with van der Waals surface area (Å²) in [6.07, 6.45) is 0. The predicted octanol–water partition coefficient (Wildman–Crippen LogP) is 2.21. The van der Waals surface area contributed by atoms with E-state index in [2.05, 4.69) is 34.1 Å². The quantitative estimate of drug-likeness (QED) is 0.912. The number of nitrogens with two attached hydrogens (primary N) is 1. The van der Waals surface area contributed by atoms with E-state index in [0.717, 1.165) is 5.69 Å². The summed E-state index contributed by atoms with van der Waals surface area (Å²) in [4.78, 5) is 6.41. The van der Waals surface area contributed by atoms with Gasteiger partial charge in [-0.25, -0.2) is 0 Å². The second-order valence-electron chi connectivity index (χ2n) is 5.38. The Morgan fingerprint density at radius 2 is 2.00 bits per heavy atom. The van der Waals surface area contributed by atoms with Crippen LogP contribution in [0.15, 0.2) is 28.8 Å². The van der Waals surface area contributed by atoms with Crippen molar-refractivity contribution in [1.29, 1.82) is 0 Å². The van der Waals surface area contributed by atoms with Crippen LogP contribution in [0.4, 0.5) is 5.69 Å². The first-order valence-electron chi connectivity index (χ1n) is 6.26. The highest BCUT2D eigenvalue weighted by molar-refractivity contribution is 5.52. The molecule has 2 N–H and O–H groups in total. The van der Waals surface area contributed by atoms with Gasteiger partial charge >= 0.3 is 0 Å². The molecule has 0 unspecified atom stereocenters. The van der Waals surface area contributed by atoms with E-state index in [0.29, 0.717) is 18.3 Å². The standard InChI is InChI=1S/C14H20N4O/c1-10-7-5-6-8-11(10)18(4)9-12-16-13(17-19-12)14(2,3)15/h5-8H,9,15H2,1-4H3. The summed E-state index contributed by atoms with van der Waals surface area (Å²) in [7, 11) is 2.00. The lowest BCUT2D eigenvalue weighted by Gasteiger charge is -2.19. The molecule has 0 amide bonds. The molecule has 0 atom stereocenters. The van der Waals surface area contributed by atoms with Crippen molar-refractivity contribution in [1.82, 2.24) is 10.1 Å². The number of rotatable bonds is 4. The third-order valence-electron chi connectivity index (χ3n) is 2.94. The lowest BCUT2D eigenvalue weighted by atomic mass is 10.1. The molecule has 0 radical (unpaired) electrons. The fourth-order valence-corrected chi connectivity index (χ4v) is 1.86. The van der Waals surface area contributed by atoms with Crippen LogP contribution in [0, 0.1) is 6.92 Å². The normalized spacial score (nSPS) is 11.6. The van der Waals surface area contributed by atoms with E-state index < -0.39 is 5.54 Å². The Labute approximate surface area is 113 Å². The predicted molar refractivity (Wildman–Crippen MR) is 74.8 cm³/mol. The number of hydrogen-bond acceptors (Lipinski definition) is 5. The van der Waals surface area contributed by atoms with Crippen LogP contribution in [0.25, 0.3) is 0 Å². The molecule has 0 saturated carbocycles. The molecule has 0 spiro atoms. The lowest BCUT2D eigenvalue weighted by molar-refractivity contribution is 0.360. The minimum Gasteiger partial charge on any atom is -0.365 e. The maximum atomic E-state index is 5.94. The fourth-order valence-electron chi connectivity index (χ4n) is 1.86. The second kappa shape index (κ2) is 5.01. The van der Waals surface area contributed by atoms with Crippen LogP contribution < -0.4 is 10.6 Å². The van der Waals surface area contributed by atoms with E-state index in [1.54, 1.807) is 0 Å². The molecule has 0 aliphatic carbocycles. The van der Waals surface area contributed by atoms with Gasteiger partial charge in [-0.15, -0.1) is 0 Å². The second-order valence-corrected chi connectivity index (χ2v) is 5.38. The lowest BCUT2D eigenvalue weighted by Crippen LogP contribution is -2.30. The highest BCUT2D eigenvalue weighted by Gasteiger charge is 2.22. The molecule has 2 aromatic rings. The van der Waals surface area contributed by atoms with Crippen LogP contribution in [0.5, 0.6) is 0 Å². The summed E-state index contributed by atoms with van der Waals surface area (Å²) in [5, 5.41) is 3.92. The number of anilines is 1. The van der Waals surface area contributed by atoms with Gasteiger partial charge < -0.3 is 15.2 Å². The van der Waals surface area contributed by atoms with Gasteiger partial charge in [-0.2, -0.15) is 4.98 Å². The first-order valence-corrected chi connectivity index (χ1v) is 6.26. The number of aryl methyl sites for hydroxylation is 1. The van der Waals surface area contributed by atoms with Crippen LogP contribution >= 0.6 is 0 Å². The molecule has 0 fully saturated rings. The Balaban J connectivity index is 2.14. The molecular weight excluding hydrogens is 240 g/mol. The van der Waals surface area contributed by atoms with Gasteiger partial charge in [0.15, 0.2) is 5.82 Å². The van der Waals surface area contributed by atoms with Crippen molar-refractivity contribution >= 4 is 5.69 Å². The van der Waals surface area contributed by atoms with Gasteiger partial charge in [0.05, 0.1) is 12.1 Å². The number of para-hydroxylation sites is 1. The third kappa shape index (κ3) is 3.12. The number of nitrogens with zero attached hydrogens (tertiary/aromatic N) is 3. The molecule has 0 aliphatic heterocycles. The number of aromatic nitrogens is 2. The summed E-state index contributed by atoms with van der Waals surface area (Å²) in [6, 6.07) is 8.18. The van der Waals surface area contributed by atoms with Crippen LogP contribution in [-0.2, 0) is 12.1 Å². The summed E-state index contributed by atoms with van der Waals surface area (Å²) in [5.74, 6) is 1.10. The Morgan fingerprint density at radius 1 is 1.32 bits per heavy atom. The summed E-state index contributed by atoms with van der Waals surface area (Å²) in [6.45, 7) is 6.35.